The fraction of sp³-hybridized carbons (Fsp3) is 0.538. The smallest absolute Gasteiger partial charge is 0.314 e. The van der Waals surface area contributed by atoms with E-state index in [-0.39, 0.29) is 6.04 Å². The van der Waals surface area contributed by atoms with Gasteiger partial charge in [-0.25, -0.2) is 4.39 Å². The molecule has 0 radical (unpaired) electrons. The second-order valence-corrected chi connectivity index (χ2v) is 4.87. The highest BCUT2D eigenvalue weighted by molar-refractivity contribution is 5.27. The van der Waals surface area contributed by atoms with E-state index in [1.54, 1.807) is 0 Å². The Morgan fingerprint density at radius 3 is 2.68 bits per heavy atom. The van der Waals surface area contributed by atoms with Crippen LogP contribution in [0.5, 0.6) is 0 Å². The molecule has 0 spiro atoms. The Bertz CT molecular complexity index is 445. The third kappa shape index (κ3) is 3.67. The van der Waals surface area contributed by atoms with Crippen LogP contribution in [0.1, 0.15) is 18.1 Å². The van der Waals surface area contributed by atoms with Crippen molar-refractivity contribution in [2.24, 2.45) is 0 Å². The van der Waals surface area contributed by atoms with E-state index in [0.29, 0.717) is 18.2 Å². The van der Waals surface area contributed by atoms with Gasteiger partial charge in [0.1, 0.15) is 5.82 Å². The number of hydrogen-bond acceptors (Lipinski definition) is 2. The predicted octanol–water partition coefficient (Wildman–Crippen LogP) is 2.64. The molecule has 1 fully saturated rings. The van der Waals surface area contributed by atoms with Gasteiger partial charge in [0.2, 0.25) is 0 Å². The van der Waals surface area contributed by atoms with Crippen molar-refractivity contribution >= 4 is 0 Å². The van der Waals surface area contributed by atoms with Crippen molar-refractivity contribution in [1.82, 2.24) is 10.2 Å². The van der Waals surface area contributed by atoms with Gasteiger partial charge in [0, 0.05) is 32.2 Å². The molecule has 1 N–H and O–H groups in total. The highest BCUT2D eigenvalue weighted by atomic mass is 19.4. The number of nitrogens with one attached hydrogen (secondary N) is 1. The van der Waals surface area contributed by atoms with Crippen molar-refractivity contribution in [1.29, 1.82) is 0 Å². The van der Waals surface area contributed by atoms with Crippen molar-refractivity contribution < 1.29 is 17.6 Å². The molecule has 1 aromatic rings. The fourth-order valence-corrected chi connectivity index (χ4v) is 2.26. The first kappa shape index (κ1) is 14.3. The van der Waals surface area contributed by atoms with Crippen LogP contribution in [-0.4, -0.2) is 30.6 Å². The lowest BCUT2D eigenvalue weighted by molar-refractivity contribution is -0.137. The Balaban J connectivity index is 2.18. The number of piperazine rings is 1. The Morgan fingerprint density at radius 2 is 2.05 bits per heavy atom. The van der Waals surface area contributed by atoms with Crippen LogP contribution in [0.4, 0.5) is 17.6 Å². The quantitative estimate of drug-likeness (QED) is 0.835. The van der Waals surface area contributed by atoms with Gasteiger partial charge in [0.15, 0.2) is 0 Å². The zero-order valence-electron chi connectivity index (χ0n) is 10.6. The number of hydrogen-bond donors (Lipinski definition) is 1. The summed E-state index contributed by atoms with van der Waals surface area (Å²) in [6.07, 6.45) is -4.51. The summed E-state index contributed by atoms with van der Waals surface area (Å²) in [5, 5.41) is 3.20. The molecule has 6 heteroatoms. The first-order valence-electron chi connectivity index (χ1n) is 6.17. The van der Waals surface area contributed by atoms with E-state index in [9.17, 15) is 17.6 Å². The summed E-state index contributed by atoms with van der Waals surface area (Å²) in [7, 11) is 0. The van der Waals surface area contributed by atoms with E-state index in [1.165, 1.54) is 6.07 Å². The first-order valence-corrected chi connectivity index (χ1v) is 6.17. The molecule has 0 saturated carbocycles. The van der Waals surface area contributed by atoms with Crippen LogP contribution < -0.4 is 5.32 Å². The summed E-state index contributed by atoms with van der Waals surface area (Å²) in [6, 6.07) is 2.96. The highest BCUT2D eigenvalue weighted by Crippen LogP contribution is 2.30. The summed E-state index contributed by atoms with van der Waals surface area (Å²) in [4.78, 5) is 2.05. The molecule has 19 heavy (non-hydrogen) atoms. The molecule has 0 aromatic heterocycles. The molecule has 2 rings (SSSR count). The van der Waals surface area contributed by atoms with Gasteiger partial charge >= 0.3 is 6.18 Å². The Kier molecular flexibility index (Phi) is 4.10. The van der Waals surface area contributed by atoms with Crippen molar-refractivity contribution in [2.75, 3.05) is 19.6 Å². The van der Waals surface area contributed by atoms with Crippen LogP contribution in [-0.2, 0) is 12.7 Å². The van der Waals surface area contributed by atoms with Gasteiger partial charge in [-0.2, -0.15) is 13.2 Å². The van der Waals surface area contributed by atoms with Gasteiger partial charge in [-0.1, -0.05) is 0 Å². The Hall–Kier alpha value is -1.14. The Morgan fingerprint density at radius 1 is 1.32 bits per heavy atom. The van der Waals surface area contributed by atoms with Gasteiger partial charge in [0.25, 0.3) is 0 Å². The standard InChI is InChI=1S/C13H16F4N2/c1-9-7-18-2-3-19(9)8-10-4-11(13(15,16)17)6-12(14)5-10/h4-6,9,18H,2-3,7-8H2,1H3. The molecule has 106 valence electrons. The largest absolute Gasteiger partial charge is 0.416 e. The maximum Gasteiger partial charge on any atom is 0.416 e. The molecular formula is C13H16F4N2. The van der Waals surface area contributed by atoms with E-state index in [2.05, 4.69) is 5.32 Å². The van der Waals surface area contributed by atoms with Crippen molar-refractivity contribution in [3.8, 4) is 0 Å². The maximum atomic E-state index is 13.3. The maximum absolute atomic E-state index is 13.3. The molecule has 1 aliphatic rings. The molecular weight excluding hydrogens is 260 g/mol. The summed E-state index contributed by atoms with van der Waals surface area (Å²) < 4.78 is 51.1. The second kappa shape index (κ2) is 5.46. The Labute approximate surface area is 109 Å². The normalized spacial score (nSPS) is 21.6. The minimum absolute atomic E-state index is 0.228. The molecule has 1 unspecified atom stereocenters. The lowest BCUT2D eigenvalue weighted by Gasteiger charge is -2.34. The average molecular weight is 276 g/mol. The number of rotatable bonds is 2. The molecule has 0 aliphatic carbocycles. The van der Waals surface area contributed by atoms with E-state index in [0.717, 1.165) is 25.7 Å². The molecule has 1 atom stereocenters. The summed E-state index contributed by atoms with van der Waals surface area (Å²) >= 11 is 0. The lowest BCUT2D eigenvalue weighted by atomic mass is 10.1. The van der Waals surface area contributed by atoms with Gasteiger partial charge < -0.3 is 5.32 Å². The van der Waals surface area contributed by atoms with E-state index in [4.69, 9.17) is 0 Å². The predicted molar refractivity (Wildman–Crippen MR) is 64.1 cm³/mol. The van der Waals surface area contributed by atoms with Gasteiger partial charge in [-0.05, 0) is 30.7 Å². The molecule has 2 nitrogen and oxygen atoms in total. The van der Waals surface area contributed by atoms with Crippen LogP contribution in [0.25, 0.3) is 0 Å². The van der Waals surface area contributed by atoms with E-state index >= 15 is 0 Å². The minimum Gasteiger partial charge on any atom is -0.314 e. The van der Waals surface area contributed by atoms with E-state index in [1.807, 2.05) is 11.8 Å². The topological polar surface area (TPSA) is 15.3 Å². The molecule has 0 bridgehead atoms. The summed E-state index contributed by atoms with van der Waals surface area (Å²) in [5.74, 6) is -0.840. The van der Waals surface area contributed by atoms with Crippen LogP contribution >= 0.6 is 0 Å². The van der Waals surface area contributed by atoms with Crippen LogP contribution in [0.3, 0.4) is 0 Å². The van der Waals surface area contributed by atoms with Gasteiger partial charge in [-0.15, -0.1) is 0 Å². The second-order valence-electron chi connectivity index (χ2n) is 4.87. The SMILES string of the molecule is CC1CNCCN1Cc1cc(F)cc(C(F)(F)F)c1. The molecule has 1 aromatic carbocycles. The van der Waals surface area contributed by atoms with Crippen molar-refractivity contribution in [3.63, 3.8) is 0 Å². The molecule has 1 saturated heterocycles. The third-order valence-corrected chi connectivity index (χ3v) is 3.31. The van der Waals surface area contributed by atoms with Gasteiger partial charge in [0.05, 0.1) is 5.56 Å². The zero-order chi connectivity index (χ0) is 14.0. The van der Waals surface area contributed by atoms with Crippen LogP contribution in [0.2, 0.25) is 0 Å². The molecule has 1 aliphatic heterocycles. The van der Waals surface area contributed by atoms with Crippen LogP contribution in [0, 0.1) is 5.82 Å². The molecule has 1 heterocycles. The summed E-state index contributed by atoms with van der Waals surface area (Å²) in [6.45, 7) is 4.67. The minimum atomic E-state index is -4.51. The number of alkyl halides is 3. The highest BCUT2D eigenvalue weighted by Gasteiger charge is 2.31. The lowest BCUT2D eigenvalue weighted by Crippen LogP contribution is -2.49. The van der Waals surface area contributed by atoms with Crippen molar-refractivity contribution in [2.45, 2.75) is 25.7 Å². The van der Waals surface area contributed by atoms with Crippen LogP contribution in [0.15, 0.2) is 18.2 Å². The average Bonchev–Trinajstić information content (AvgIpc) is 2.30. The van der Waals surface area contributed by atoms with Gasteiger partial charge in [-0.3, -0.25) is 4.90 Å². The molecule has 0 amide bonds. The van der Waals surface area contributed by atoms with Crippen molar-refractivity contribution in [3.05, 3.63) is 35.1 Å². The number of nitrogens with zero attached hydrogens (tertiary/aromatic N) is 1. The summed E-state index contributed by atoms with van der Waals surface area (Å²) in [5.41, 5.74) is -0.564. The number of halogens is 4. The third-order valence-electron chi connectivity index (χ3n) is 3.31. The number of benzene rings is 1. The zero-order valence-corrected chi connectivity index (χ0v) is 10.6. The monoisotopic (exact) mass is 276 g/mol. The first-order chi connectivity index (χ1) is 8.86. The van der Waals surface area contributed by atoms with E-state index < -0.39 is 17.6 Å². The fourth-order valence-electron chi connectivity index (χ4n) is 2.26.